The lowest BCUT2D eigenvalue weighted by Gasteiger charge is -2.18. The van der Waals surface area contributed by atoms with Crippen molar-refractivity contribution < 1.29 is 9.13 Å². The van der Waals surface area contributed by atoms with E-state index in [2.05, 4.69) is 5.10 Å². The zero-order valence-corrected chi connectivity index (χ0v) is 11.5. The minimum absolute atomic E-state index is 0.219. The fourth-order valence-corrected chi connectivity index (χ4v) is 2.78. The Morgan fingerprint density at radius 1 is 1.33 bits per heavy atom. The van der Waals surface area contributed by atoms with Gasteiger partial charge in [0.05, 0.1) is 23.2 Å². The Morgan fingerprint density at radius 2 is 2.19 bits per heavy atom. The fraction of sp³-hybridized carbons (Fsp3) is 0.143. The van der Waals surface area contributed by atoms with E-state index >= 15 is 0 Å². The standard InChI is InChI=1S/C14H9ClFN3O2/c15-10-6-13(20)18-3-4-21-12-5-8(16)1-2-11(12)19-14(18)9(10)7-17-19/h1-2,5-7H,3-4H2. The normalized spacial score (nSPS) is 13.4. The number of aromatic nitrogens is 3. The Kier molecular flexibility index (Phi) is 2.56. The van der Waals surface area contributed by atoms with Crippen LogP contribution in [0.25, 0.3) is 16.7 Å². The van der Waals surface area contributed by atoms with Crippen molar-refractivity contribution in [3.8, 4) is 11.4 Å². The molecule has 0 unspecified atom stereocenters. The van der Waals surface area contributed by atoms with Crippen LogP contribution in [-0.4, -0.2) is 21.0 Å². The maximum absolute atomic E-state index is 13.4. The van der Waals surface area contributed by atoms with E-state index in [1.165, 1.54) is 18.2 Å². The zero-order valence-electron chi connectivity index (χ0n) is 10.7. The molecule has 1 aliphatic rings. The predicted molar refractivity (Wildman–Crippen MR) is 75.8 cm³/mol. The van der Waals surface area contributed by atoms with Crippen molar-refractivity contribution in [2.75, 3.05) is 6.61 Å². The van der Waals surface area contributed by atoms with Gasteiger partial charge in [-0.1, -0.05) is 11.6 Å². The highest BCUT2D eigenvalue weighted by Gasteiger charge is 2.19. The summed E-state index contributed by atoms with van der Waals surface area (Å²) in [6, 6.07) is 5.56. The summed E-state index contributed by atoms with van der Waals surface area (Å²) >= 11 is 6.12. The van der Waals surface area contributed by atoms with Crippen molar-refractivity contribution in [3.05, 3.63) is 51.7 Å². The van der Waals surface area contributed by atoms with E-state index < -0.39 is 0 Å². The first-order valence-electron chi connectivity index (χ1n) is 6.35. The molecule has 7 heteroatoms. The van der Waals surface area contributed by atoms with Crippen molar-refractivity contribution in [1.29, 1.82) is 0 Å². The van der Waals surface area contributed by atoms with Gasteiger partial charge in [-0.3, -0.25) is 9.36 Å². The molecule has 21 heavy (non-hydrogen) atoms. The number of halogens is 2. The molecule has 0 fully saturated rings. The maximum Gasteiger partial charge on any atom is 0.253 e. The van der Waals surface area contributed by atoms with Gasteiger partial charge in [0.25, 0.3) is 5.56 Å². The Morgan fingerprint density at radius 3 is 3.05 bits per heavy atom. The van der Waals surface area contributed by atoms with Crippen LogP contribution in [0.3, 0.4) is 0 Å². The maximum atomic E-state index is 13.4. The molecule has 1 aromatic carbocycles. The Bertz CT molecular complexity index is 932. The van der Waals surface area contributed by atoms with Crippen LogP contribution in [0.2, 0.25) is 5.02 Å². The van der Waals surface area contributed by atoms with Gasteiger partial charge >= 0.3 is 0 Å². The highest BCUT2D eigenvalue weighted by molar-refractivity contribution is 6.35. The van der Waals surface area contributed by atoms with Gasteiger partial charge in [-0.15, -0.1) is 0 Å². The van der Waals surface area contributed by atoms with E-state index in [9.17, 15) is 9.18 Å². The first-order chi connectivity index (χ1) is 10.1. The Balaban J connectivity index is 2.16. The van der Waals surface area contributed by atoms with Crippen LogP contribution in [-0.2, 0) is 6.54 Å². The Labute approximate surface area is 123 Å². The Hall–Kier alpha value is -2.34. The third-order valence-corrected chi connectivity index (χ3v) is 3.81. The van der Waals surface area contributed by atoms with Crippen LogP contribution in [0.15, 0.2) is 35.3 Å². The zero-order chi connectivity index (χ0) is 14.6. The average Bonchev–Trinajstić information content (AvgIpc) is 2.85. The molecule has 0 atom stereocenters. The van der Waals surface area contributed by atoms with E-state index in [1.807, 2.05) is 0 Å². The molecule has 2 aromatic heterocycles. The number of fused-ring (bicyclic) bond motifs is 2. The molecule has 5 nitrogen and oxygen atoms in total. The molecule has 0 aliphatic carbocycles. The van der Waals surface area contributed by atoms with Crippen molar-refractivity contribution in [2.24, 2.45) is 0 Å². The molecular formula is C14H9ClFN3O2. The molecular weight excluding hydrogens is 297 g/mol. The second-order valence-electron chi connectivity index (χ2n) is 4.74. The topological polar surface area (TPSA) is 49.0 Å². The van der Waals surface area contributed by atoms with Gasteiger partial charge in [0.1, 0.15) is 29.5 Å². The second kappa shape index (κ2) is 4.33. The summed E-state index contributed by atoms with van der Waals surface area (Å²) < 4.78 is 22.1. The first kappa shape index (κ1) is 12.4. The molecule has 0 N–H and O–H groups in total. The summed E-state index contributed by atoms with van der Waals surface area (Å²) in [5.74, 6) is -0.000109. The van der Waals surface area contributed by atoms with E-state index in [0.29, 0.717) is 34.0 Å². The number of ether oxygens (including phenoxy) is 1. The van der Waals surface area contributed by atoms with Gasteiger partial charge < -0.3 is 4.74 Å². The van der Waals surface area contributed by atoms with Crippen molar-refractivity contribution in [1.82, 2.24) is 14.3 Å². The summed E-state index contributed by atoms with van der Waals surface area (Å²) in [5, 5.41) is 5.29. The summed E-state index contributed by atoms with van der Waals surface area (Å²) in [7, 11) is 0. The lowest BCUT2D eigenvalue weighted by atomic mass is 10.2. The van der Waals surface area contributed by atoms with Crippen LogP contribution < -0.4 is 10.3 Å². The number of hydrogen-bond acceptors (Lipinski definition) is 3. The van der Waals surface area contributed by atoms with E-state index in [-0.39, 0.29) is 18.0 Å². The lowest BCUT2D eigenvalue weighted by Crippen LogP contribution is -2.26. The molecule has 0 saturated carbocycles. The number of benzene rings is 1. The lowest BCUT2D eigenvalue weighted by molar-refractivity contribution is 0.291. The molecule has 3 aromatic rings. The fourth-order valence-electron chi connectivity index (χ4n) is 2.56. The first-order valence-corrected chi connectivity index (χ1v) is 6.73. The van der Waals surface area contributed by atoms with E-state index in [1.54, 1.807) is 21.5 Å². The van der Waals surface area contributed by atoms with E-state index in [4.69, 9.17) is 16.3 Å². The summed E-state index contributed by atoms with van der Waals surface area (Å²) in [6.45, 7) is 0.604. The minimum atomic E-state index is -0.388. The van der Waals surface area contributed by atoms with Crippen molar-refractivity contribution in [3.63, 3.8) is 0 Å². The summed E-state index contributed by atoms with van der Waals surface area (Å²) in [6.07, 6.45) is 1.59. The number of pyridine rings is 1. The molecule has 1 aliphatic heterocycles. The number of rotatable bonds is 0. The highest BCUT2D eigenvalue weighted by atomic mass is 35.5. The quantitative estimate of drug-likeness (QED) is 0.641. The smallest absolute Gasteiger partial charge is 0.253 e. The summed E-state index contributed by atoms with van der Waals surface area (Å²) in [5.41, 5.74) is 0.939. The van der Waals surface area contributed by atoms with Crippen LogP contribution in [0.5, 0.6) is 5.75 Å². The van der Waals surface area contributed by atoms with Crippen molar-refractivity contribution >= 4 is 22.6 Å². The number of nitrogens with zero attached hydrogens (tertiary/aromatic N) is 3. The van der Waals surface area contributed by atoms with Crippen LogP contribution in [0.1, 0.15) is 0 Å². The van der Waals surface area contributed by atoms with Crippen LogP contribution >= 0.6 is 11.6 Å². The molecule has 0 radical (unpaired) electrons. The SMILES string of the molecule is O=c1cc(Cl)c2cnn3c2n1CCOc1cc(F)ccc1-3. The van der Waals surface area contributed by atoms with Gasteiger partial charge in [-0.05, 0) is 12.1 Å². The largest absolute Gasteiger partial charge is 0.489 e. The molecule has 3 heterocycles. The summed E-state index contributed by atoms with van der Waals surface area (Å²) in [4.78, 5) is 12.1. The van der Waals surface area contributed by atoms with Gasteiger partial charge in [0, 0.05) is 12.1 Å². The monoisotopic (exact) mass is 305 g/mol. The third kappa shape index (κ3) is 1.76. The molecule has 4 rings (SSSR count). The van der Waals surface area contributed by atoms with Crippen LogP contribution in [0.4, 0.5) is 4.39 Å². The van der Waals surface area contributed by atoms with Gasteiger partial charge in [0.15, 0.2) is 0 Å². The highest BCUT2D eigenvalue weighted by Crippen LogP contribution is 2.30. The average molecular weight is 306 g/mol. The molecule has 106 valence electrons. The van der Waals surface area contributed by atoms with Gasteiger partial charge in [0.2, 0.25) is 0 Å². The van der Waals surface area contributed by atoms with Crippen LogP contribution in [0, 0.1) is 5.82 Å². The second-order valence-corrected chi connectivity index (χ2v) is 5.14. The molecule has 0 spiro atoms. The number of hydrogen-bond donors (Lipinski definition) is 0. The molecule has 0 saturated heterocycles. The minimum Gasteiger partial charge on any atom is -0.489 e. The molecule has 0 bridgehead atoms. The van der Waals surface area contributed by atoms with Crippen molar-refractivity contribution in [2.45, 2.75) is 6.54 Å². The van der Waals surface area contributed by atoms with E-state index in [0.717, 1.165) is 0 Å². The molecule has 0 amide bonds. The van der Waals surface area contributed by atoms with Gasteiger partial charge in [-0.2, -0.15) is 5.10 Å². The predicted octanol–water partition coefficient (Wildman–Crippen LogP) is 2.37. The van der Waals surface area contributed by atoms with Gasteiger partial charge in [-0.25, -0.2) is 9.07 Å². The third-order valence-electron chi connectivity index (χ3n) is 3.50.